The fourth-order valence-electron chi connectivity index (χ4n) is 2.40. The van der Waals surface area contributed by atoms with E-state index in [0.717, 1.165) is 12.1 Å². The highest BCUT2D eigenvalue weighted by molar-refractivity contribution is 5.95. The van der Waals surface area contributed by atoms with E-state index in [-0.39, 0.29) is 5.56 Å². The minimum atomic E-state index is -4.73. The van der Waals surface area contributed by atoms with Gasteiger partial charge in [-0.3, -0.25) is 0 Å². The average molecular weight is 339 g/mol. The third-order valence-corrected chi connectivity index (χ3v) is 3.45. The predicted octanol–water partition coefficient (Wildman–Crippen LogP) is 3.63. The third kappa shape index (κ3) is 2.99. The molecule has 1 aliphatic heterocycles. The number of benzene rings is 1. The van der Waals surface area contributed by atoms with Crippen LogP contribution in [0.1, 0.15) is 22.6 Å². The van der Waals surface area contributed by atoms with Crippen LogP contribution in [0.25, 0.3) is 11.1 Å². The van der Waals surface area contributed by atoms with E-state index in [1.807, 2.05) is 0 Å². The number of carboxylic acids is 1. The zero-order valence-corrected chi connectivity index (χ0v) is 12.3. The molecule has 0 saturated heterocycles. The van der Waals surface area contributed by atoms with Gasteiger partial charge in [-0.25, -0.2) is 9.78 Å². The first-order valence-corrected chi connectivity index (χ1v) is 7.08. The topological polar surface area (TPSA) is 68.7 Å². The van der Waals surface area contributed by atoms with Crippen molar-refractivity contribution in [1.82, 2.24) is 4.98 Å². The van der Waals surface area contributed by atoms with Gasteiger partial charge in [0.25, 0.3) is 0 Å². The van der Waals surface area contributed by atoms with E-state index in [1.165, 1.54) is 0 Å². The molecule has 0 aliphatic carbocycles. The minimum Gasteiger partial charge on any atom is -0.490 e. The number of carbonyl (C=O) groups is 1. The number of pyridine rings is 1. The number of para-hydroxylation sites is 1. The van der Waals surface area contributed by atoms with Crippen molar-refractivity contribution in [3.05, 3.63) is 41.7 Å². The molecule has 0 radical (unpaired) electrons. The summed E-state index contributed by atoms with van der Waals surface area (Å²) in [5.41, 5.74) is -1.58. The van der Waals surface area contributed by atoms with Gasteiger partial charge in [0, 0.05) is 17.5 Å². The van der Waals surface area contributed by atoms with E-state index in [9.17, 15) is 23.1 Å². The Kier molecular flexibility index (Phi) is 4.04. The van der Waals surface area contributed by atoms with Crippen LogP contribution in [-0.4, -0.2) is 29.3 Å². The van der Waals surface area contributed by atoms with E-state index in [1.54, 1.807) is 18.2 Å². The number of nitrogens with zero attached hydrogens (tertiary/aromatic N) is 1. The zero-order chi connectivity index (χ0) is 17.3. The number of alkyl halides is 3. The molecule has 24 heavy (non-hydrogen) atoms. The molecule has 2 heterocycles. The number of hydrogen-bond acceptors (Lipinski definition) is 4. The largest absolute Gasteiger partial charge is 0.490 e. The van der Waals surface area contributed by atoms with Crippen LogP contribution in [0.15, 0.2) is 30.3 Å². The Hall–Kier alpha value is -2.77. The van der Waals surface area contributed by atoms with Gasteiger partial charge in [-0.05, 0) is 18.2 Å². The molecule has 1 N–H and O–H groups in total. The SMILES string of the molecule is O=C(O)c1nc(C(F)(F)F)ccc1-c1cccc2c1OCCCO2. The first kappa shape index (κ1) is 16.1. The van der Waals surface area contributed by atoms with Gasteiger partial charge in [0.05, 0.1) is 13.2 Å². The van der Waals surface area contributed by atoms with Gasteiger partial charge in [0.2, 0.25) is 0 Å². The molecule has 1 aromatic carbocycles. The molecule has 8 heteroatoms. The highest BCUT2D eigenvalue weighted by atomic mass is 19.4. The van der Waals surface area contributed by atoms with Crippen molar-refractivity contribution in [1.29, 1.82) is 0 Å². The van der Waals surface area contributed by atoms with Crippen molar-refractivity contribution in [2.75, 3.05) is 13.2 Å². The number of carboxylic acid groups (broad SMARTS) is 1. The van der Waals surface area contributed by atoms with Gasteiger partial charge >= 0.3 is 12.1 Å². The predicted molar refractivity (Wildman–Crippen MR) is 77.2 cm³/mol. The normalized spacial score (nSPS) is 14.1. The lowest BCUT2D eigenvalue weighted by molar-refractivity contribution is -0.141. The molecule has 1 aliphatic rings. The van der Waals surface area contributed by atoms with Crippen LogP contribution in [0.3, 0.4) is 0 Å². The second-order valence-electron chi connectivity index (χ2n) is 5.08. The maximum absolute atomic E-state index is 12.8. The Balaban J connectivity index is 2.18. The van der Waals surface area contributed by atoms with Crippen molar-refractivity contribution < 1.29 is 32.5 Å². The van der Waals surface area contributed by atoms with Gasteiger partial charge in [0.1, 0.15) is 5.69 Å². The Morgan fingerprint density at radius 1 is 1.08 bits per heavy atom. The molecule has 0 unspecified atom stereocenters. The van der Waals surface area contributed by atoms with Crippen molar-refractivity contribution >= 4 is 5.97 Å². The Bertz CT molecular complexity index is 789. The number of fused-ring (bicyclic) bond motifs is 1. The molecule has 1 aromatic heterocycles. The fraction of sp³-hybridized carbons (Fsp3) is 0.250. The quantitative estimate of drug-likeness (QED) is 0.905. The highest BCUT2D eigenvalue weighted by Gasteiger charge is 2.34. The summed E-state index contributed by atoms with van der Waals surface area (Å²) in [7, 11) is 0. The molecule has 3 rings (SSSR count). The number of halogens is 3. The van der Waals surface area contributed by atoms with Gasteiger partial charge in [0.15, 0.2) is 17.2 Å². The summed E-state index contributed by atoms with van der Waals surface area (Å²) in [4.78, 5) is 14.7. The summed E-state index contributed by atoms with van der Waals surface area (Å²) in [5, 5.41) is 9.27. The molecule has 0 spiro atoms. The lowest BCUT2D eigenvalue weighted by Crippen LogP contribution is -2.13. The van der Waals surface area contributed by atoms with E-state index in [4.69, 9.17) is 9.47 Å². The number of aromatic carboxylic acids is 1. The van der Waals surface area contributed by atoms with Crippen molar-refractivity contribution in [3.63, 3.8) is 0 Å². The van der Waals surface area contributed by atoms with Gasteiger partial charge in [-0.1, -0.05) is 12.1 Å². The van der Waals surface area contributed by atoms with Crippen LogP contribution in [0.5, 0.6) is 11.5 Å². The summed E-state index contributed by atoms with van der Waals surface area (Å²) in [6, 6.07) is 6.67. The Morgan fingerprint density at radius 3 is 2.54 bits per heavy atom. The molecule has 0 bridgehead atoms. The van der Waals surface area contributed by atoms with Crippen LogP contribution in [0.2, 0.25) is 0 Å². The van der Waals surface area contributed by atoms with Crippen LogP contribution in [-0.2, 0) is 6.18 Å². The summed E-state index contributed by atoms with van der Waals surface area (Å²) >= 11 is 0. The minimum absolute atomic E-state index is 0.0397. The lowest BCUT2D eigenvalue weighted by atomic mass is 10.0. The summed E-state index contributed by atoms with van der Waals surface area (Å²) in [6.45, 7) is 0.800. The highest BCUT2D eigenvalue weighted by Crippen LogP contribution is 2.41. The van der Waals surface area contributed by atoms with Crippen molar-refractivity contribution in [2.24, 2.45) is 0 Å². The molecule has 2 aromatic rings. The second kappa shape index (κ2) is 6.03. The fourth-order valence-corrected chi connectivity index (χ4v) is 2.40. The maximum Gasteiger partial charge on any atom is 0.433 e. The summed E-state index contributed by atoms with van der Waals surface area (Å²) in [5.74, 6) is -0.830. The van der Waals surface area contributed by atoms with Crippen LogP contribution < -0.4 is 9.47 Å². The molecule has 0 fully saturated rings. The van der Waals surface area contributed by atoms with Gasteiger partial charge in [-0.15, -0.1) is 0 Å². The van der Waals surface area contributed by atoms with Gasteiger partial charge in [-0.2, -0.15) is 13.2 Å². The zero-order valence-electron chi connectivity index (χ0n) is 12.3. The first-order valence-electron chi connectivity index (χ1n) is 7.08. The molecule has 0 saturated carbocycles. The van der Waals surface area contributed by atoms with E-state index in [0.29, 0.717) is 36.7 Å². The van der Waals surface area contributed by atoms with E-state index < -0.39 is 23.5 Å². The maximum atomic E-state index is 12.8. The number of aromatic nitrogens is 1. The molecule has 0 atom stereocenters. The number of ether oxygens (including phenoxy) is 2. The number of hydrogen-bond donors (Lipinski definition) is 1. The molecule has 0 amide bonds. The lowest BCUT2D eigenvalue weighted by Gasteiger charge is -2.15. The van der Waals surface area contributed by atoms with E-state index in [2.05, 4.69) is 4.98 Å². The number of rotatable bonds is 2. The van der Waals surface area contributed by atoms with Crippen LogP contribution in [0, 0.1) is 0 Å². The van der Waals surface area contributed by atoms with Crippen LogP contribution >= 0.6 is 0 Å². The van der Waals surface area contributed by atoms with Gasteiger partial charge < -0.3 is 14.6 Å². The first-order chi connectivity index (χ1) is 11.4. The summed E-state index contributed by atoms with van der Waals surface area (Å²) < 4.78 is 49.5. The Labute approximate surface area is 134 Å². The average Bonchev–Trinajstić information content (AvgIpc) is 2.78. The molecule has 126 valence electrons. The van der Waals surface area contributed by atoms with Crippen LogP contribution in [0.4, 0.5) is 13.2 Å². The third-order valence-electron chi connectivity index (χ3n) is 3.45. The molecular formula is C16H12F3NO4. The van der Waals surface area contributed by atoms with E-state index >= 15 is 0 Å². The van der Waals surface area contributed by atoms with Crippen molar-refractivity contribution in [3.8, 4) is 22.6 Å². The van der Waals surface area contributed by atoms with Crippen molar-refractivity contribution in [2.45, 2.75) is 12.6 Å². The Morgan fingerprint density at radius 2 is 1.83 bits per heavy atom. The summed E-state index contributed by atoms with van der Waals surface area (Å²) in [6.07, 6.45) is -4.08. The molecule has 5 nitrogen and oxygen atoms in total. The standard InChI is InChI=1S/C16H12F3NO4/c17-16(18,19)12-6-5-9(13(20-12)15(21)22)10-3-1-4-11-14(10)24-8-2-7-23-11/h1,3-6H,2,7-8H2,(H,21,22). The smallest absolute Gasteiger partial charge is 0.433 e. The molecular weight excluding hydrogens is 327 g/mol. The monoisotopic (exact) mass is 339 g/mol. The second-order valence-corrected chi connectivity index (χ2v) is 5.08.